The van der Waals surface area contributed by atoms with Crippen molar-refractivity contribution >= 4 is 0 Å². The van der Waals surface area contributed by atoms with Crippen LogP contribution in [0.2, 0.25) is 0 Å². The van der Waals surface area contributed by atoms with Crippen molar-refractivity contribution in [1.82, 2.24) is 0 Å². The molecular formula is C21H38ClN. The van der Waals surface area contributed by atoms with Crippen LogP contribution in [0, 0.1) is 0 Å². The van der Waals surface area contributed by atoms with E-state index in [1.165, 1.54) is 83.5 Å². The lowest BCUT2D eigenvalue weighted by molar-refractivity contribution is -0.724. The predicted octanol–water partition coefficient (Wildman–Crippen LogP) is 3.63. The van der Waals surface area contributed by atoms with Crippen LogP contribution in [0.5, 0.6) is 0 Å². The summed E-state index contributed by atoms with van der Waals surface area (Å²) in [6.07, 6.45) is 22.6. The smallest absolute Gasteiger partial charge is 0.169 e. The van der Waals surface area contributed by atoms with Gasteiger partial charge in [0.25, 0.3) is 0 Å². The summed E-state index contributed by atoms with van der Waals surface area (Å²) in [6, 6.07) is 7.18. The Morgan fingerprint density at radius 3 is 1.57 bits per heavy atom. The Morgan fingerprint density at radius 1 is 0.609 bits per heavy atom. The molecule has 2 heteroatoms. The molecule has 0 aliphatic heterocycles. The molecule has 0 aliphatic rings. The van der Waals surface area contributed by atoms with Gasteiger partial charge in [-0.05, 0) is 12.8 Å². The van der Waals surface area contributed by atoms with E-state index in [4.69, 9.17) is 0 Å². The fraction of sp³-hybridized carbons (Fsp3) is 0.762. The molecular weight excluding hydrogens is 302 g/mol. The average molecular weight is 340 g/mol. The first-order valence-corrected chi connectivity index (χ1v) is 9.84. The maximum absolute atomic E-state index is 2.45. The molecule has 0 bridgehead atoms. The molecule has 1 aromatic heterocycles. The zero-order valence-electron chi connectivity index (χ0n) is 15.5. The number of aromatic nitrogens is 1. The highest BCUT2D eigenvalue weighted by Crippen LogP contribution is 2.19. The second-order valence-electron chi connectivity index (χ2n) is 6.74. The SMILES string of the molecule is CCCCCCCCCC(CCCCCC)[n+]1ccccc1.[Cl-]. The van der Waals surface area contributed by atoms with Crippen molar-refractivity contribution in [2.24, 2.45) is 0 Å². The van der Waals surface area contributed by atoms with Gasteiger partial charge in [-0.25, -0.2) is 4.57 Å². The summed E-state index contributed by atoms with van der Waals surface area (Å²) in [7, 11) is 0. The quantitative estimate of drug-likeness (QED) is 0.360. The Bertz CT molecular complexity index is 339. The molecule has 0 saturated carbocycles. The average Bonchev–Trinajstić information content (AvgIpc) is 2.56. The van der Waals surface area contributed by atoms with Gasteiger partial charge in [-0.1, -0.05) is 77.7 Å². The van der Waals surface area contributed by atoms with Crippen molar-refractivity contribution in [2.45, 2.75) is 103 Å². The Morgan fingerprint density at radius 2 is 1.04 bits per heavy atom. The number of rotatable bonds is 14. The van der Waals surface area contributed by atoms with Gasteiger partial charge in [0.05, 0.1) is 0 Å². The second-order valence-corrected chi connectivity index (χ2v) is 6.74. The fourth-order valence-corrected chi connectivity index (χ4v) is 3.24. The number of nitrogens with zero attached hydrogens (tertiary/aromatic N) is 1. The number of unbranched alkanes of at least 4 members (excludes halogenated alkanes) is 9. The summed E-state index contributed by atoms with van der Waals surface area (Å²) in [5, 5.41) is 0. The van der Waals surface area contributed by atoms with Crippen molar-refractivity contribution < 1.29 is 17.0 Å². The van der Waals surface area contributed by atoms with E-state index in [9.17, 15) is 0 Å². The standard InChI is InChI=1S/C21H38N.ClH/c1-3-5-7-9-10-11-14-18-21(17-13-8-6-4-2)22-19-15-12-16-20-22;/h12,15-16,19-21H,3-11,13-14,17-18H2,1-2H3;1H/q+1;/p-1. The summed E-state index contributed by atoms with van der Waals surface area (Å²) in [5.74, 6) is 0. The molecule has 0 aromatic carbocycles. The minimum Gasteiger partial charge on any atom is -1.00 e. The monoisotopic (exact) mass is 339 g/mol. The third-order valence-corrected chi connectivity index (χ3v) is 4.69. The van der Waals surface area contributed by atoms with E-state index in [-0.39, 0.29) is 12.4 Å². The first-order valence-electron chi connectivity index (χ1n) is 9.84. The summed E-state index contributed by atoms with van der Waals surface area (Å²) in [6.45, 7) is 4.59. The molecule has 0 amide bonds. The lowest BCUT2D eigenvalue weighted by Gasteiger charge is -2.12. The van der Waals surface area contributed by atoms with Crippen LogP contribution in [0.1, 0.15) is 103 Å². The number of halogens is 1. The highest BCUT2D eigenvalue weighted by molar-refractivity contribution is 4.84. The molecule has 1 heterocycles. The van der Waals surface area contributed by atoms with Crippen LogP contribution in [0.3, 0.4) is 0 Å². The topological polar surface area (TPSA) is 3.88 Å². The minimum absolute atomic E-state index is 0. The second kappa shape index (κ2) is 16.3. The van der Waals surface area contributed by atoms with Crippen LogP contribution >= 0.6 is 0 Å². The van der Waals surface area contributed by atoms with Crippen molar-refractivity contribution in [3.63, 3.8) is 0 Å². The molecule has 0 saturated heterocycles. The molecule has 0 N–H and O–H groups in total. The molecule has 134 valence electrons. The largest absolute Gasteiger partial charge is 1.00 e. The van der Waals surface area contributed by atoms with Crippen molar-refractivity contribution in [1.29, 1.82) is 0 Å². The van der Waals surface area contributed by atoms with E-state index in [2.05, 4.69) is 49.0 Å². The lowest BCUT2D eigenvalue weighted by Crippen LogP contribution is -3.00. The minimum atomic E-state index is 0. The van der Waals surface area contributed by atoms with E-state index in [1.54, 1.807) is 0 Å². The normalized spacial score (nSPS) is 11.9. The van der Waals surface area contributed by atoms with Gasteiger partial charge in [-0.3, -0.25) is 0 Å². The van der Waals surface area contributed by atoms with E-state index < -0.39 is 0 Å². The van der Waals surface area contributed by atoms with Gasteiger partial charge in [-0.2, -0.15) is 0 Å². The van der Waals surface area contributed by atoms with Gasteiger partial charge >= 0.3 is 0 Å². The molecule has 23 heavy (non-hydrogen) atoms. The summed E-state index contributed by atoms with van der Waals surface area (Å²) in [4.78, 5) is 0. The van der Waals surface area contributed by atoms with Crippen molar-refractivity contribution in [3.05, 3.63) is 30.6 Å². The lowest BCUT2D eigenvalue weighted by atomic mass is 10.00. The van der Waals surface area contributed by atoms with Crippen LogP contribution in [0.4, 0.5) is 0 Å². The van der Waals surface area contributed by atoms with Gasteiger partial charge in [0.2, 0.25) is 0 Å². The van der Waals surface area contributed by atoms with Crippen molar-refractivity contribution in [3.8, 4) is 0 Å². The number of hydrogen-bond donors (Lipinski definition) is 0. The molecule has 0 fully saturated rings. The Balaban J connectivity index is 0.00000484. The van der Waals surface area contributed by atoms with Gasteiger partial charge in [-0.15, -0.1) is 0 Å². The molecule has 0 radical (unpaired) electrons. The molecule has 1 aromatic rings. The third-order valence-electron chi connectivity index (χ3n) is 4.69. The molecule has 1 nitrogen and oxygen atoms in total. The molecule has 0 spiro atoms. The summed E-state index contributed by atoms with van der Waals surface area (Å²) < 4.78 is 2.45. The maximum atomic E-state index is 2.45. The van der Waals surface area contributed by atoms with Gasteiger partial charge < -0.3 is 12.4 Å². The third kappa shape index (κ3) is 11.6. The van der Waals surface area contributed by atoms with Gasteiger partial charge in [0, 0.05) is 25.0 Å². The van der Waals surface area contributed by atoms with E-state index in [0.717, 1.165) is 0 Å². The van der Waals surface area contributed by atoms with Crippen LogP contribution in [0.15, 0.2) is 30.6 Å². The van der Waals surface area contributed by atoms with Crippen LogP contribution in [0.25, 0.3) is 0 Å². The first kappa shape index (κ1) is 22.4. The molecule has 1 atom stereocenters. The highest BCUT2D eigenvalue weighted by atomic mass is 35.5. The zero-order chi connectivity index (χ0) is 15.9. The fourth-order valence-electron chi connectivity index (χ4n) is 3.24. The predicted molar refractivity (Wildman–Crippen MR) is 97.0 cm³/mol. The number of hydrogen-bond acceptors (Lipinski definition) is 0. The number of pyridine rings is 1. The first-order chi connectivity index (χ1) is 10.9. The van der Waals surface area contributed by atoms with Gasteiger partial charge in [0.1, 0.15) is 0 Å². The van der Waals surface area contributed by atoms with Crippen LogP contribution in [-0.4, -0.2) is 0 Å². The summed E-state index contributed by atoms with van der Waals surface area (Å²) >= 11 is 0. The molecule has 1 unspecified atom stereocenters. The summed E-state index contributed by atoms with van der Waals surface area (Å²) in [5.41, 5.74) is 0. The highest BCUT2D eigenvalue weighted by Gasteiger charge is 2.16. The van der Waals surface area contributed by atoms with Gasteiger partial charge in [0.15, 0.2) is 18.4 Å². The van der Waals surface area contributed by atoms with E-state index in [0.29, 0.717) is 6.04 Å². The molecule has 1 rings (SSSR count). The van der Waals surface area contributed by atoms with Crippen molar-refractivity contribution in [2.75, 3.05) is 0 Å². The Kier molecular flexibility index (Phi) is 15.9. The van der Waals surface area contributed by atoms with E-state index >= 15 is 0 Å². The van der Waals surface area contributed by atoms with Crippen LogP contribution in [-0.2, 0) is 0 Å². The van der Waals surface area contributed by atoms with Crippen LogP contribution < -0.4 is 17.0 Å². The maximum Gasteiger partial charge on any atom is 0.169 e. The zero-order valence-corrected chi connectivity index (χ0v) is 16.2. The molecule has 0 aliphatic carbocycles. The van der Waals surface area contributed by atoms with E-state index in [1.807, 2.05) is 0 Å². The Hall–Kier alpha value is -0.560. The Labute approximate surface area is 151 Å².